The predicted octanol–water partition coefficient (Wildman–Crippen LogP) is 1.87. The number of aromatic nitrogens is 2. The van der Waals surface area contributed by atoms with Crippen molar-refractivity contribution >= 4 is 11.9 Å². The van der Waals surface area contributed by atoms with Crippen LogP contribution in [0.4, 0.5) is 0 Å². The number of methoxy groups -OCH3 is 1. The first-order chi connectivity index (χ1) is 11.5. The molecule has 1 saturated carbocycles. The van der Waals surface area contributed by atoms with Crippen LogP contribution in [0.25, 0.3) is 5.69 Å². The zero-order valence-corrected chi connectivity index (χ0v) is 13.9. The lowest BCUT2D eigenvalue weighted by Crippen LogP contribution is -2.55. The maximum Gasteiger partial charge on any atom is 0.331 e. The van der Waals surface area contributed by atoms with E-state index in [4.69, 9.17) is 4.74 Å². The number of hydrogen-bond donors (Lipinski definition) is 1. The van der Waals surface area contributed by atoms with Crippen LogP contribution in [-0.2, 0) is 20.7 Å². The van der Waals surface area contributed by atoms with Gasteiger partial charge in [0.25, 0.3) is 0 Å². The number of ether oxygens (including phenoxy) is 1. The second-order valence-corrected chi connectivity index (χ2v) is 6.28. The van der Waals surface area contributed by atoms with E-state index in [1.54, 1.807) is 17.7 Å². The molecule has 1 aromatic heterocycles. The van der Waals surface area contributed by atoms with Crippen LogP contribution in [0, 0.1) is 5.92 Å². The van der Waals surface area contributed by atoms with E-state index in [-0.39, 0.29) is 18.2 Å². The fraction of sp³-hybridized carbons (Fsp3) is 0.389. The minimum atomic E-state index is -0.951. The Hall–Kier alpha value is -2.63. The Morgan fingerprint density at radius 3 is 2.62 bits per heavy atom. The molecule has 24 heavy (non-hydrogen) atoms. The van der Waals surface area contributed by atoms with Crippen molar-refractivity contribution in [2.75, 3.05) is 7.11 Å². The van der Waals surface area contributed by atoms with Crippen LogP contribution < -0.4 is 5.32 Å². The first-order valence-electron chi connectivity index (χ1n) is 8.02. The SMILES string of the molecule is COC(=O)C(C)(NC(=O)Cc1ccn(-c2ccccc2)n1)C1CC1. The summed E-state index contributed by atoms with van der Waals surface area (Å²) in [4.78, 5) is 24.4. The van der Waals surface area contributed by atoms with Crippen molar-refractivity contribution in [1.29, 1.82) is 0 Å². The number of nitrogens with one attached hydrogen (secondary N) is 1. The van der Waals surface area contributed by atoms with Gasteiger partial charge in [-0.25, -0.2) is 9.48 Å². The Kier molecular flexibility index (Phi) is 4.38. The third kappa shape index (κ3) is 3.32. The van der Waals surface area contributed by atoms with E-state index in [9.17, 15) is 9.59 Å². The fourth-order valence-electron chi connectivity index (χ4n) is 2.87. The topological polar surface area (TPSA) is 73.2 Å². The molecule has 6 heteroatoms. The Morgan fingerprint density at radius 2 is 2.00 bits per heavy atom. The molecule has 6 nitrogen and oxygen atoms in total. The van der Waals surface area contributed by atoms with Crippen LogP contribution in [0.1, 0.15) is 25.5 Å². The second kappa shape index (κ2) is 6.47. The number of esters is 1. The number of carbonyl (C=O) groups is 2. The van der Waals surface area contributed by atoms with E-state index in [0.29, 0.717) is 5.69 Å². The molecule has 1 amide bonds. The molecule has 1 aliphatic carbocycles. The van der Waals surface area contributed by atoms with Gasteiger partial charge in [-0.15, -0.1) is 0 Å². The Morgan fingerprint density at radius 1 is 1.29 bits per heavy atom. The van der Waals surface area contributed by atoms with Crippen molar-refractivity contribution in [3.63, 3.8) is 0 Å². The van der Waals surface area contributed by atoms with Gasteiger partial charge in [-0.2, -0.15) is 5.10 Å². The van der Waals surface area contributed by atoms with Crippen molar-refractivity contribution in [3.05, 3.63) is 48.3 Å². The molecule has 126 valence electrons. The smallest absolute Gasteiger partial charge is 0.331 e. The highest BCUT2D eigenvalue weighted by Crippen LogP contribution is 2.40. The zero-order chi connectivity index (χ0) is 17.2. The average Bonchev–Trinajstić information content (AvgIpc) is 3.35. The molecule has 0 aliphatic heterocycles. The molecular formula is C18H21N3O3. The number of benzene rings is 1. The molecule has 1 aliphatic rings. The Bertz CT molecular complexity index is 737. The summed E-state index contributed by atoms with van der Waals surface area (Å²) in [5.74, 6) is -0.475. The molecule has 1 fully saturated rings. The Balaban J connectivity index is 1.67. The van der Waals surface area contributed by atoms with Gasteiger partial charge in [0.15, 0.2) is 0 Å². The van der Waals surface area contributed by atoms with Crippen molar-refractivity contribution in [1.82, 2.24) is 15.1 Å². The largest absolute Gasteiger partial charge is 0.467 e. The molecule has 0 bridgehead atoms. The summed E-state index contributed by atoms with van der Waals surface area (Å²) in [7, 11) is 1.34. The number of rotatable bonds is 6. The van der Waals surface area contributed by atoms with E-state index < -0.39 is 11.5 Å². The van der Waals surface area contributed by atoms with Crippen LogP contribution >= 0.6 is 0 Å². The molecule has 0 spiro atoms. The summed E-state index contributed by atoms with van der Waals surface area (Å²) in [5, 5.41) is 7.26. The number of para-hydroxylation sites is 1. The van der Waals surface area contributed by atoms with Gasteiger partial charge in [0.05, 0.1) is 24.9 Å². The first-order valence-corrected chi connectivity index (χ1v) is 8.02. The highest BCUT2D eigenvalue weighted by molar-refractivity contribution is 5.89. The summed E-state index contributed by atoms with van der Waals surface area (Å²) >= 11 is 0. The molecule has 0 radical (unpaired) electrons. The van der Waals surface area contributed by atoms with Gasteiger partial charge < -0.3 is 10.1 Å². The number of nitrogens with zero attached hydrogens (tertiary/aromatic N) is 2. The van der Waals surface area contributed by atoms with Gasteiger partial charge in [0.2, 0.25) is 5.91 Å². The van der Waals surface area contributed by atoms with Crippen LogP contribution in [0.3, 0.4) is 0 Å². The molecule has 2 aromatic rings. The zero-order valence-electron chi connectivity index (χ0n) is 13.9. The van der Waals surface area contributed by atoms with Gasteiger partial charge in [-0.1, -0.05) is 18.2 Å². The molecule has 1 atom stereocenters. The number of hydrogen-bond acceptors (Lipinski definition) is 4. The molecule has 1 heterocycles. The summed E-state index contributed by atoms with van der Waals surface area (Å²) in [6.07, 6.45) is 3.79. The third-order valence-corrected chi connectivity index (χ3v) is 4.41. The van der Waals surface area contributed by atoms with Crippen LogP contribution in [0.15, 0.2) is 42.6 Å². The molecule has 0 saturated heterocycles. The van der Waals surface area contributed by atoms with Gasteiger partial charge in [0, 0.05) is 6.20 Å². The van der Waals surface area contributed by atoms with E-state index in [0.717, 1.165) is 18.5 Å². The van der Waals surface area contributed by atoms with Crippen molar-refractivity contribution in [2.45, 2.75) is 31.7 Å². The summed E-state index contributed by atoms with van der Waals surface area (Å²) < 4.78 is 6.58. The molecule has 3 rings (SSSR count). The molecule has 1 unspecified atom stereocenters. The van der Waals surface area contributed by atoms with E-state index >= 15 is 0 Å². The van der Waals surface area contributed by atoms with Crippen LogP contribution in [-0.4, -0.2) is 34.3 Å². The third-order valence-electron chi connectivity index (χ3n) is 4.41. The monoisotopic (exact) mass is 327 g/mol. The quantitative estimate of drug-likeness (QED) is 0.822. The van der Waals surface area contributed by atoms with Crippen molar-refractivity contribution in [2.24, 2.45) is 5.92 Å². The highest BCUT2D eigenvalue weighted by Gasteiger charge is 2.49. The lowest BCUT2D eigenvalue weighted by molar-refractivity contribution is -0.151. The first kappa shape index (κ1) is 16.2. The molecular weight excluding hydrogens is 306 g/mol. The maximum absolute atomic E-state index is 12.4. The standard InChI is InChI=1S/C18H21N3O3/c1-18(13-8-9-13,17(23)24-2)19-16(22)12-14-10-11-21(20-14)15-6-4-3-5-7-15/h3-7,10-11,13H,8-9,12H2,1-2H3,(H,19,22). The van der Waals surface area contributed by atoms with Gasteiger partial charge in [-0.05, 0) is 43.9 Å². The average molecular weight is 327 g/mol. The second-order valence-electron chi connectivity index (χ2n) is 6.28. The summed E-state index contributed by atoms with van der Waals surface area (Å²) in [6.45, 7) is 1.73. The molecule has 1 N–H and O–H groups in total. The Labute approximate surface area is 140 Å². The van der Waals surface area contributed by atoms with E-state index in [2.05, 4.69) is 10.4 Å². The predicted molar refractivity (Wildman–Crippen MR) is 88.6 cm³/mol. The van der Waals surface area contributed by atoms with Crippen LogP contribution in [0.5, 0.6) is 0 Å². The fourth-order valence-corrected chi connectivity index (χ4v) is 2.87. The summed E-state index contributed by atoms with van der Waals surface area (Å²) in [6, 6.07) is 11.5. The number of carbonyl (C=O) groups excluding carboxylic acids is 2. The number of amides is 1. The van der Waals surface area contributed by atoms with Gasteiger partial charge in [0.1, 0.15) is 5.54 Å². The van der Waals surface area contributed by atoms with Gasteiger partial charge in [-0.3, -0.25) is 4.79 Å². The van der Waals surface area contributed by atoms with E-state index in [1.807, 2.05) is 36.5 Å². The highest BCUT2D eigenvalue weighted by atomic mass is 16.5. The summed E-state index contributed by atoms with van der Waals surface area (Å²) in [5.41, 5.74) is 0.634. The van der Waals surface area contributed by atoms with Crippen molar-refractivity contribution < 1.29 is 14.3 Å². The normalized spacial score (nSPS) is 16.2. The minimum absolute atomic E-state index is 0.124. The van der Waals surface area contributed by atoms with Gasteiger partial charge >= 0.3 is 5.97 Å². The van der Waals surface area contributed by atoms with E-state index in [1.165, 1.54) is 7.11 Å². The van der Waals surface area contributed by atoms with Crippen molar-refractivity contribution in [3.8, 4) is 5.69 Å². The lowest BCUT2D eigenvalue weighted by atomic mass is 9.95. The molecule has 1 aromatic carbocycles. The van der Waals surface area contributed by atoms with Crippen LogP contribution in [0.2, 0.25) is 0 Å². The maximum atomic E-state index is 12.4. The lowest BCUT2D eigenvalue weighted by Gasteiger charge is -2.27. The minimum Gasteiger partial charge on any atom is -0.467 e.